The Labute approximate surface area is 152 Å². The minimum Gasteiger partial charge on any atom is -0.347 e. The smallest absolute Gasteiger partial charge is 0.255 e. The van der Waals surface area contributed by atoms with Crippen molar-refractivity contribution in [1.82, 2.24) is 9.47 Å². The molecule has 1 amide bonds. The average Bonchev–Trinajstić information content (AvgIpc) is 3.21. The first-order valence-electron chi connectivity index (χ1n) is 9.01. The number of rotatable bonds is 2. The molecule has 2 saturated heterocycles. The number of ether oxygens (including phenoxy) is 2. The summed E-state index contributed by atoms with van der Waals surface area (Å²) in [5, 5.41) is 0. The fourth-order valence-corrected chi connectivity index (χ4v) is 3.97. The summed E-state index contributed by atoms with van der Waals surface area (Å²) in [7, 11) is 0. The van der Waals surface area contributed by atoms with Crippen LogP contribution in [0.1, 0.15) is 34.6 Å². The van der Waals surface area contributed by atoms with Crippen LogP contribution in [0.25, 0.3) is 5.69 Å². The molecule has 0 aliphatic carbocycles. The zero-order chi connectivity index (χ0) is 18.3. The Hall–Kier alpha value is -2.18. The van der Waals surface area contributed by atoms with Crippen LogP contribution in [0.5, 0.6) is 0 Å². The SMILES string of the molecule is Cc1cc(C(=O)N2CCC3(CC2)OCCO3)c(C)n1-c1ccc(F)cc1. The molecule has 1 spiro atoms. The lowest BCUT2D eigenvalue weighted by Crippen LogP contribution is -2.47. The lowest BCUT2D eigenvalue weighted by Gasteiger charge is -2.37. The molecule has 2 aliphatic rings. The standard InChI is InChI=1S/C20H23FN2O3/c1-14-13-18(15(2)23(14)17-5-3-16(21)4-6-17)19(24)22-9-7-20(8-10-22)25-11-12-26-20/h3-6,13H,7-12H2,1-2H3. The molecule has 4 rings (SSSR count). The first-order valence-corrected chi connectivity index (χ1v) is 9.01. The van der Waals surface area contributed by atoms with E-state index >= 15 is 0 Å². The lowest BCUT2D eigenvalue weighted by molar-refractivity contribution is -0.181. The number of halogens is 1. The van der Waals surface area contributed by atoms with Crippen molar-refractivity contribution in [3.63, 3.8) is 0 Å². The summed E-state index contributed by atoms with van der Waals surface area (Å²) in [4.78, 5) is 14.9. The third kappa shape index (κ3) is 2.93. The van der Waals surface area contributed by atoms with Crippen LogP contribution in [0.3, 0.4) is 0 Å². The molecule has 0 radical (unpaired) electrons. The van der Waals surface area contributed by atoms with Gasteiger partial charge in [-0.3, -0.25) is 4.79 Å². The van der Waals surface area contributed by atoms with Gasteiger partial charge in [-0.05, 0) is 44.2 Å². The molecule has 0 unspecified atom stereocenters. The van der Waals surface area contributed by atoms with Crippen LogP contribution in [0, 0.1) is 19.7 Å². The van der Waals surface area contributed by atoms with Gasteiger partial charge in [-0.25, -0.2) is 4.39 Å². The third-order valence-electron chi connectivity index (χ3n) is 5.37. The predicted octanol–water partition coefficient (Wildman–Crippen LogP) is 3.21. The third-order valence-corrected chi connectivity index (χ3v) is 5.37. The van der Waals surface area contributed by atoms with Crippen molar-refractivity contribution in [2.24, 2.45) is 0 Å². The topological polar surface area (TPSA) is 43.7 Å². The van der Waals surface area contributed by atoms with Crippen molar-refractivity contribution in [2.75, 3.05) is 26.3 Å². The Morgan fingerprint density at radius 1 is 1.08 bits per heavy atom. The van der Waals surface area contributed by atoms with Crippen molar-refractivity contribution in [2.45, 2.75) is 32.5 Å². The second-order valence-electron chi connectivity index (χ2n) is 7.00. The van der Waals surface area contributed by atoms with Gasteiger partial charge in [0.05, 0.1) is 18.8 Å². The summed E-state index contributed by atoms with van der Waals surface area (Å²) in [5.74, 6) is -0.729. The quantitative estimate of drug-likeness (QED) is 0.828. The summed E-state index contributed by atoms with van der Waals surface area (Å²) >= 11 is 0. The molecular weight excluding hydrogens is 335 g/mol. The number of carbonyl (C=O) groups is 1. The van der Waals surface area contributed by atoms with Crippen LogP contribution >= 0.6 is 0 Å². The maximum atomic E-state index is 13.2. The van der Waals surface area contributed by atoms with E-state index in [2.05, 4.69) is 0 Å². The highest BCUT2D eigenvalue weighted by Gasteiger charge is 2.41. The molecular formula is C20H23FN2O3. The van der Waals surface area contributed by atoms with E-state index in [1.165, 1.54) is 12.1 Å². The largest absolute Gasteiger partial charge is 0.347 e. The van der Waals surface area contributed by atoms with Crippen LogP contribution in [-0.4, -0.2) is 47.5 Å². The van der Waals surface area contributed by atoms with Crippen molar-refractivity contribution in [3.8, 4) is 5.69 Å². The lowest BCUT2D eigenvalue weighted by atomic mass is 10.0. The number of amides is 1. The summed E-state index contributed by atoms with van der Waals surface area (Å²) < 4.78 is 26.7. The number of nitrogens with zero attached hydrogens (tertiary/aromatic N) is 2. The summed E-state index contributed by atoms with van der Waals surface area (Å²) in [6, 6.07) is 8.22. The van der Waals surface area contributed by atoms with Gasteiger partial charge in [0.25, 0.3) is 5.91 Å². The molecule has 5 nitrogen and oxygen atoms in total. The van der Waals surface area contributed by atoms with Gasteiger partial charge in [-0.2, -0.15) is 0 Å². The van der Waals surface area contributed by atoms with Gasteiger partial charge in [-0.15, -0.1) is 0 Å². The van der Waals surface area contributed by atoms with Gasteiger partial charge in [-0.1, -0.05) is 0 Å². The second kappa shape index (κ2) is 6.52. The van der Waals surface area contributed by atoms with Crippen LogP contribution < -0.4 is 0 Å². The number of hydrogen-bond donors (Lipinski definition) is 0. The van der Waals surface area contributed by atoms with Crippen molar-refractivity contribution >= 4 is 5.91 Å². The highest BCUT2D eigenvalue weighted by molar-refractivity contribution is 5.96. The molecule has 1 aromatic carbocycles. The number of benzene rings is 1. The van der Waals surface area contributed by atoms with Gasteiger partial charge in [0, 0.05) is 43.0 Å². The molecule has 0 saturated carbocycles. The Balaban J connectivity index is 1.55. The zero-order valence-electron chi connectivity index (χ0n) is 15.1. The Kier molecular flexibility index (Phi) is 4.32. The van der Waals surface area contributed by atoms with Gasteiger partial charge in [0.2, 0.25) is 0 Å². The maximum Gasteiger partial charge on any atom is 0.255 e. The van der Waals surface area contributed by atoms with E-state index in [4.69, 9.17) is 9.47 Å². The normalized spacial score (nSPS) is 19.3. The van der Waals surface area contributed by atoms with E-state index in [1.54, 1.807) is 12.1 Å². The summed E-state index contributed by atoms with van der Waals surface area (Å²) in [5.41, 5.74) is 3.36. The number of aromatic nitrogens is 1. The number of likely N-dealkylation sites (tertiary alicyclic amines) is 1. The molecule has 3 heterocycles. The molecule has 2 fully saturated rings. The van der Waals surface area contributed by atoms with Gasteiger partial charge in [0.15, 0.2) is 5.79 Å². The first-order chi connectivity index (χ1) is 12.5. The molecule has 0 atom stereocenters. The molecule has 0 N–H and O–H groups in total. The van der Waals surface area contributed by atoms with Gasteiger partial charge < -0.3 is 18.9 Å². The number of carbonyl (C=O) groups excluding carboxylic acids is 1. The molecule has 138 valence electrons. The number of piperidine rings is 1. The van der Waals surface area contributed by atoms with E-state index in [0.717, 1.165) is 17.1 Å². The fraction of sp³-hybridized carbons (Fsp3) is 0.450. The van der Waals surface area contributed by atoms with E-state index in [-0.39, 0.29) is 11.7 Å². The zero-order valence-corrected chi connectivity index (χ0v) is 15.1. The molecule has 1 aromatic heterocycles. The van der Waals surface area contributed by atoms with E-state index in [0.29, 0.717) is 44.7 Å². The Bertz CT molecular complexity index is 812. The number of aryl methyl sites for hydroxylation is 1. The van der Waals surface area contributed by atoms with Crippen molar-refractivity contribution < 1.29 is 18.7 Å². The molecule has 2 aromatic rings. The first kappa shape index (κ1) is 17.2. The molecule has 0 bridgehead atoms. The maximum absolute atomic E-state index is 13.2. The van der Waals surface area contributed by atoms with Crippen molar-refractivity contribution in [3.05, 3.63) is 53.1 Å². The minimum absolute atomic E-state index is 0.0271. The van der Waals surface area contributed by atoms with Crippen LogP contribution in [-0.2, 0) is 9.47 Å². The Morgan fingerprint density at radius 3 is 2.31 bits per heavy atom. The predicted molar refractivity (Wildman–Crippen MR) is 95.0 cm³/mol. The van der Waals surface area contributed by atoms with E-state index in [1.807, 2.05) is 29.4 Å². The van der Waals surface area contributed by atoms with E-state index < -0.39 is 5.79 Å². The fourth-order valence-electron chi connectivity index (χ4n) is 3.97. The summed E-state index contributed by atoms with van der Waals surface area (Å²) in [6.07, 6.45) is 1.41. The van der Waals surface area contributed by atoms with Gasteiger partial charge >= 0.3 is 0 Å². The van der Waals surface area contributed by atoms with E-state index in [9.17, 15) is 9.18 Å². The van der Waals surface area contributed by atoms with Crippen molar-refractivity contribution in [1.29, 1.82) is 0 Å². The molecule has 2 aliphatic heterocycles. The van der Waals surface area contributed by atoms with Crippen LogP contribution in [0.4, 0.5) is 4.39 Å². The second-order valence-corrected chi connectivity index (χ2v) is 7.00. The van der Waals surface area contributed by atoms with Gasteiger partial charge in [0.1, 0.15) is 5.82 Å². The highest BCUT2D eigenvalue weighted by Crippen LogP contribution is 2.32. The van der Waals surface area contributed by atoms with Crippen LogP contribution in [0.2, 0.25) is 0 Å². The highest BCUT2D eigenvalue weighted by atomic mass is 19.1. The molecule has 6 heteroatoms. The Morgan fingerprint density at radius 2 is 1.69 bits per heavy atom. The van der Waals surface area contributed by atoms with Crippen LogP contribution in [0.15, 0.2) is 30.3 Å². The average molecular weight is 358 g/mol. The minimum atomic E-state index is -0.484. The number of hydrogen-bond acceptors (Lipinski definition) is 3. The molecule has 26 heavy (non-hydrogen) atoms. The summed E-state index contributed by atoms with van der Waals surface area (Å²) in [6.45, 7) is 6.40. The monoisotopic (exact) mass is 358 g/mol.